The minimum Gasteiger partial charge on any atom is -0.481 e. The van der Waals surface area contributed by atoms with Crippen LogP contribution in [0.2, 0.25) is 0 Å². The second-order valence-electron chi connectivity index (χ2n) is 5.24. The van der Waals surface area contributed by atoms with E-state index in [2.05, 4.69) is 4.72 Å². The van der Waals surface area contributed by atoms with Crippen molar-refractivity contribution in [1.82, 2.24) is 9.62 Å². The smallest absolute Gasteiger partial charge is 0.305 e. The summed E-state index contributed by atoms with van der Waals surface area (Å²) in [6.45, 7) is 2.08. The third-order valence-electron chi connectivity index (χ3n) is 3.36. The van der Waals surface area contributed by atoms with E-state index >= 15 is 0 Å². The van der Waals surface area contributed by atoms with Crippen molar-refractivity contribution in [2.24, 2.45) is 0 Å². The Bertz CT molecular complexity index is 702. The zero-order valence-corrected chi connectivity index (χ0v) is 14.7. The lowest BCUT2D eigenvalue weighted by Crippen LogP contribution is -2.30. The van der Waals surface area contributed by atoms with Crippen LogP contribution in [0.25, 0.3) is 0 Å². The lowest BCUT2D eigenvalue weighted by atomic mass is 10.1. The Labute approximate surface area is 141 Å². The number of sulfonamides is 1. The molecule has 1 amide bonds. The quantitative estimate of drug-likeness (QED) is 0.620. The van der Waals surface area contributed by atoms with Gasteiger partial charge < -0.3 is 14.7 Å². The largest absolute Gasteiger partial charge is 0.481 e. The summed E-state index contributed by atoms with van der Waals surface area (Å²) >= 11 is 0. The van der Waals surface area contributed by atoms with Crippen molar-refractivity contribution < 1.29 is 27.9 Å². The summed E-state index contributed by atoms with van der Waals surface area (Å²) < 4.78 is 31.6. The molecule has 0 aliphatic heterocycles. The van der Waals surface area contributed by atoms with Gasteiger partial charge in [0.25, 0.3) is 5.91 Å². The molecule has 0 aromatic heterocycles. The van der Waals surface area contributed by atoms with Gasteiger partial charge in [-0.05, 0) is 24.6 Å². The van der Waals surface area contributed by atoms with Crippen LogP contribution in [0, 0.1) is 6.92 Å². The Balaban J connectivity index is 3.01. The van der Waals surface area contributed by atoms with E-state index in [-0.39, 0.29) is 36.6 Å². The van der Waals surface area contributed by atoms with Crippen molar-refractivity contribution in [3.05, 3.63) is 29.3 Å². The number of aryl methyl sites for hydroxylation is 1. The zero-order chi connectivity index (χ0) is 18.3. The Morgan fingerprint density at radius 2 is 2.00 bits per heavy atom. The Hall–Kier alpha value is -1.97. The maximum absolute atomic E-state index is 12.4. The predicted octanol–water partition coefficient (Wildman–Crippen LogP) is 0.466. The van der Waals surface area contributed by atoms with Gasteiger partial charge in [-0.2, -0.15) is 0 Å². The van der Waals surface area contributed by atoms with Crippen LogP contribution >= 0.6 is 0 Å². The summed E-state index contributed by atoms with van der Waals surface area (Å²) in [5.41, 5.74) is 0.829. The molecule has 0 aliphatic rings. The van der Waals surface area contributed by atoms with Gasteiger partial charge in [-0.15, -0.1) is 0 Å². The number of carboxylic acid groups (broad SMARTS) is 1. The molecular weight excluding hydrogens is 336 g/mol. The van der Waals surface area contributed by atoms with Crippen LogP contribution in [-0.4, -0.2) is 64.2 Å². The summed E-state index contributed by atoms with van der Waals surface area (Å²) in [4.78, 5) is 24.2. The number of hydrogen-bond donors (Lipinski definition) is 2. The minimum atomic E-state index is -3.75. The molecule has 24 heavy (non-hydrogen) atoms. The van der Waals surface area contributed by atoms with E-state index in [0.29, 0.717) is 5.56 Å². The third-order valence-corrected chi connectivity index (χ3v) is 4.81. The number of ether oxygens (including phenoxy) is 1. The lowest BCUT2D eigenvalue weighted by Gasteiger charge is -2.18. The maximum atomic E-state index is 12.4. The van der Waals surface area contributed by atoms with Crippen LogP contribution < -0.4 is 4.72 Å². The van der Waals surface area contributed by atoms with Crippen molar-refractivity contribution in [1.29, 1.82) is 0 Å². The summed E-state index contributed by atoms with van der Waals surface area (Å²) in [5.74, 6) is -1.44. The molecule has 8 nitrogen and oxygen atoms in total. The van der Waals surface area contributed by atoms with E-state index in [0.717, 1.165) is 0 Å². The fourth-order valence-corrected chi connectivity index (χ4v) is 2.97. The fourth-order valence-electron chi connectivity index (χ4n) is 1.93. The molecule has 0 spiro atoms. The predicted molar refractivity (Wildman–Crippen MR) is 87.5 cm³/mol. The van der Waals surface area contributed by atoms with Gasteiger partial charge in [0.05, 0.1) is 17.9 Å². The summed E-state index contributed by atoms with van der Waals surface area (Å²) in [6, 6.07) is 4.26. The normalized spacial score (nSPS) is 11.3. The van der Waals surface area contributed by atoms with E-state index in [9.17, 15) is 18.0 Å². The molecule has 1 aromatic rings. The van der Waals surface area contributed by atoms with Gasteiger partial charge >= 0.3 is 5.97 Å². The second-order valence-corrected chi connectivity index (χ2v) is 7.00. The molecule has 0 fully saturated rings. The number of rotatable bonds is 9. The van der Waals surface area contributed by atoms with E-state index in [4.69, 9.17) is 9.84 Å². The summed E-state index contributed by atoms with van der Waals surface area (Å²) in [7, 11) is -0.814. The van der Waals surface area contributed by atoms with Gasteiger partial charge in [-0.3, -0.25) is 9.59 Å². The first-order chi connectivity index (χ1) is 11.2. The average Bonchev–Trinajstić information content (AvgIpc) is 2.52. The molecule has 0 unspecified atom stereocenters. The molecule has 1 aromatic carbocycles. The van der Waals surface area contributed by atoms with Gasteiger partial charge in [0.2, 0.25) is 10.0 Å². The Kier molecular flexibility index (Phi) is 7.33. The number of carboxylic acids is 1. The summed E-state index contributed by atoms with van der Waals surface area (Å²) in [5, 5.41) is 8.69. The van der Waals surface area contributed by atoms with Crippen LogP contribution in [0.5, 0.6) is 0 Å². The van der Waals surface area contributed by atoms with Crippen molar-refractivity contribution in [2.45, 2.75) is 18.2 Å². The van der Waals surface area contributed by atoms with E-state index < -0.39 is 21.9 Å². The van der Waals surface area contributed by atoms with E-state index in [1.54, 1.807) is 13.0 Å². The first-order valence-electron chi connectivity index (χ1n) is 7.25. The highest BCUT2D eigenvalue weighted by Crippen LogP contribution is 2.17. The van der Waals surface area contributed by atoms with Crippen LogP contribution in [-0.2, 0) is 19.6 Å². The molecule has 0 radical (unpaired) electrons. The average molecular weight is 358 g/mol. The monoisotopic (exact) mass is 358 g/mol. The van der Waals surface area contributed by atoms with Crippen molar-refractivity contribution in [2.75, 3.05) is 33.9 Å². The van der Waals surface area contributed by atoms with Gasteiger partial charge in [-0.1, -0.05) is 6.07 Å². The highest BCUT2D eigenvalue weighted by Gasteiger charge is 2.20. The number of aliphatic carboxylic acids is 1. The molecule has 0 saturated carbocycles. The van der Waals surface area contributed by atoms with Crippen molar-refractivity contribution >= 4 is 21.9 Å². The number of carbonyl (C=O) groups is 2. The number of nitrogens with zero attached hydrogens (tertiary/aromatic N) is 1. The van der Waals surface area contributed by atoms with Crippen molar-refractivity contribution in [3.63, 3.8) is 0 Å². The van der Waals surface area contributed by atoms with E-state index in [1.807, 2.05) is 0 Å². The first kappa shape index (κ1) is 20.1. The highest BCUT2D eigenvalue weighted by molar-refractivity contribution is 7.89. The fraction of sp³-hybridized carbons (Fsp3) is 0.467. The molecule has 0 heterocycles. The minimum absolute atomic E-state index is 0.0285. The highest BCUT2D eigenvalue weighted by atomic mass is 32.2. The van der Waals surface area contributed by atoms with Crippen LogP contribution in [0.4, 0.5) is 0 Å². The molecular formula is C15H22N2O6S. The van der Waals surface area contributed by atoms with Crippen molar-refractivity contribution in [3.8, 4) is 0 Å². The molecule has 0 aliphatic carbocycles. The summed E-state index contributed by atoms with van der Waals surface area (Å²) in [6.07, 6.45) is -0.183. The molecule has 9 heteroatoms. The molecule has 134 valence electrons. The number of nitrogens with one attached hydrogen (secondary N) is 1. The number of hydrogen-bond acceptors (Lipinski definition) is 5. The number of carbonyl (C=O) groups excluding carboxylic acids is 1. The molecule has 0 saturated heterocycles. The third kappa shape index (κ3) is 5.59. The maximum Gasteiger partial charge on any atom is 0.305 e. The van der Waals surface area contributed by atoms with Gasteiger partial charge in [0.1, 0.15) is 0 Å². The van der Waals surface area contributed by atoms with Crippen LogP contribution in [0.15, 0.2) is 23.1 Å². The SMILES string of the molecule is COCCNS(=O)(=O)c1ccc(C)c(C(=O)N(C)CCC(=O)O)c1. The van der Waals surface area contributed by atoms with Gasteiger partial charge in [-0.25, -0.2) is 13.1 Å². The van der Waals surface area contributed by atoms with Crippen LogP contribution in [0.3, 0.4) is 0 Å². The molecule has 1 rings (SSSR count). The number of methoxy groups -OCH3 is 1. The second kappa shape index (κ2) is 8.76. The number of amides is 1. The Morgan fingerprint density at radius 1 is 1.33 bits per heavy atom. The topological polar surface area (TPSA) is 113 Å². The standard InChI is InChI=1S/C15H22N2O6S/c1-11-4-5-12(24(21,22)16-7-9-23-3)10-13(11)15(20)17(2)8-6-14(18)19/h4-5,10,16H,6-9H2,1-3H3,(H,18,19). The Morgan fingerprint density at radius 3 is 2.58 bits per heavy atom. The van der Waals surface area contributed by atoms with Gasteiger partial charge in [0.15, 0.2) is 0 Å². The zero-order valence-electron chi connectivity index (χ0n) is 13.9. The lowest BCUT2D eigenvalue weighted by molar-refractivity contribution is -0.137. The van der Waals surface area contributed by atoms with Gasteiger partial charge in [0, 0.05) is 32.8 Å². The molecule has 2 N–H and O–H groups in total. The first-order valence-corrected chi connectivity index (χ1v) is 8.74. The van der Waals surface area contributed by atoms with E-state index in [1.165, 1.54) is 31.2 Å². The molecule has 0 bridgehead atoms. The number of benzene rings is 1. The molecule has 0 atom stereocenters. The van der Waals surface area contributed by atoms with Crippen LogP contribution in [0.1, 0.15) is 22.3 Å².